The summed E-state index contributed by atoms with van der Waals surface area (Å²) in [6.07, 6.45) is 0. The molecule has 0 fully saturated rings. The van der Waals surface area contributed by atoms with Crippen LogP contribution in [-0.2, 0) is 0 Å². The van der Waals surface area contributed by atoms with Crippen molar-refractivity contribution < 1.29 is 1.37 Å². The van der Waals surface area contributed by atoms with Gasteiger partial charge in [0.1, 0.15) is 0 Å². The second-order valence-electron chi connectivity index (χ2n) is 4.49. The molecule has 1 N–H and O–H groups in total. The van der Waals surface area contributed by atoms with Crippen LogP contribution in [0.25, 0.3) is 0 Å². The lowest BCUT2D eigenvalue weighted by molar-refractivity contribution is 0.567. The van der Waals surface area contributed by atoms with Gasteiger partial charge in [-0.2, -0.15) is 0 Å². The molecule has 0 aliphatic carbocycles. The Balaban J connectivity index is 2.10. The average molecular weight is 239 g/mol. The Bertz CT molecular complexity index is 556. The molecule has 2 heteroatoms. The molecule has 2 aromatic rings. The van der Waals surface area contributed by atoms with Gasteiger partial charge in [0.2, 0.25) is 0 Å². The standard InChI is InChI=1S/C16H18N2/c1-2-18-16-11-7-6-10-14(16)15(12-17-18)13-8-4-3-5-9-13/h3-11,15,17H,2,12H2,1H3/i12D. The van der Waals surface area contributed by atoms with E-state index in [4.69, 9.17) is 1.37 Å². The largest absolute Gasteiger partial charge is 0.308 e. The fourth-order valence-corrected chi connectivity index (χ4v) is 2.52. The molecule has 2 atom stereocenters. The van der Waals surface area contributed by atoms with Crippen LogP contribution < -0.4 is 10.4 Å². The second kappa shape index (κ2) is 4.83. The predicted octanol–water partition coefficient (Wildman–Crippen LogP) is 3.16. The number of hydrazine groups is 1. The molecule has 0 amide bonds. The predicted molar refractivity (Wildman–Crippen MR) is 75.7 cm³/mol. The number of nitrogens with zero attached hydrogens (tertiary/aromatic N) is 1. The second-order valence-corrected chi connectivity index (χ2v) is 4.49. The molecule has 18 heavy (non-hydrogen) atoms. The van der Waals surface area contributed by atoms with Crippen molar-refractivity contribution in [1.29, 1.82) is 0 Å². The van der Waals surface area contributed by atoms with Gasteiger partial charge in [-0.3, -0.25) is 0 Å². The summed E-state index contributed by atoms with van der Waals surface area (Å²) in [5.41, 5.74) is 6.88. The Kier molecular flexibility index (Phi) is 2.72. The number of rotatable bonds is 2. The van der Waals surface area contributed by atoms with Gasteiger partial charge in [0.05, 0.1) is 5.69 Å². The maximum absolute atomic E-state index is 8.38. The normalized spacial score (nSPS) is 23.4. The molecule has 1 heterocycles. The van der Waals surface area contributed by atoms with Crippen molar-refractivity contribution in [3.63, 3.8) is 0 Å². The van der Waals surface area contributed by atoms with Crippen LogP contribution in [0.2, 0.25) is 0 Å². The molecule has 2 nitrogen and oxygen atoms in total. The maximum Gasteiger partial charge on any atom is 0.0558 e. The summed E-state index contributed by atoms with van der Waals surface area (Å²) in [7, 11) is 0. The zero-order valence-electron chi connectivity index (χ0n) is 11.5. The van der Waals surface area contributed by atoms with Crippen molar-refractivity contribution in [3.05, 3.63) is 65.7 Å². The third-order valence-electron chi connectivity index (χ3n) is 3.43. The number of hydrogen-bond donors (Lipinski definition) is 1. The third kappa shape index (κ3) is 1.89. The summed E-state index contributed by atoms with van der Waals surface area (Å²) >= 11 is 0. The molecule has 1 aliphatic heterocycles. The van der Waals surface area contributed by atoms with E-state index in [9.17, 15) is 0 Å². The summed E-state index contributed by atoms with van der Waals surface area (Å²) in [5.74, 6) is 0.0835. The first-order chi connectivity index (χ1) is 9.31. The number of benzene rings is 2. The Morgan fingerprint density at radius 2 is 1.89 bits per heavy atom. The van der Waals surface area contributed by atoms with Gasteiger partial charge in [0.25, 0.3) is 0 Å². The van der Waals surface area contributed by atoms with E-state index in [1.54, 1.807) is 0 Å². The van der Waals surface area contributed by atoms with Gasteiger partial charge in [-0.15, -0.1) is 0 Å². The minimum atomic E-state index is -0.350. The smallest absolute Gasteiger partial charge is 0.0558 e. The summed E-state index contributed by atoms with van der Waals surface area (Å²) < 4.78 is 8.38. The highest BCUT2D eigenvalue weighted by Crippen LogP contribution is 2.34. The Morgan fingerprint density at radius 3 is 2.67 bits per heavy atom. The lowest BCUT2D eigenvalue weighted by atomic mass is 9.89. The van der Waals surface area contributed by atoms with Crippen LogP contribution in [0.15, 0.2) is 54.6 Å². The van der Waals surface area contributed by atoms with Crippen LogP contribution >= 0.6 is 0 Å². The molecule has 1 aliphatic rings. The molecular weight excluding hydrogens is 220 g/mol. The fourth-order valence-electron chi connectivity index (χ4n) is 2.52. The molecule has 0 bridgehead atoms. The van der Waals surface area contributed by atoms with Crippen LogP contribution in [0.1, 0.15) is 25.3 Å². The van der Waals surface area contributed by atoms with Gasteiger partial charge in [0.15, 0.2) is 0 Å². The minimum Gasteiger partial charge on any atom is -0.308 e. The molecule has 0 aromatic heterocycles. The van der Waals surface area contributed by atoms with E-state index in [1.165, 1.54) is 16.8 Å². The summed E-state index contributed by atoms with van der Waals surface area (Å²) in [6, 6.07) is 18.7. The molecule has 0 saturated heterocycles. The monoisotopic (exact) mass is 239 g/mol. The van der Waals surface area contributed by atoms with E-state index in [-0.39, 0.29) is 12.4 Å². The van der Waals surface area contributed by atoms with Crippen molar-refractivity contribution in [2.45, 2.75) is 12.8 Å². The van der Waals surface area contributed by atoms with Crippen LogP contribution in [0, 0.1) is 0 Å². The summed E-state index contributed by atoms with van der Waals surface area (Å²) in [4.78, 5) is 0. The molecule has 0 radical (unpaired) electrons. The number of para-hydroxylation sites is 1. The van der Waals surface area contributed by atoms with Crippen molar-refractivity contribution >= 4 is 5.69 Å². The first-order valence-electron chi connectivity index (χ1n) is 6.99. The quantitative estimate of drug-likeness (QED) is 0.866. The fraction of sp³-hybridized carbons (Fsp3) is 0.250. The Morgan fingerprint density at radius 1 is 1.17 bits per heavy atom. The van der Waals surface area contributed by atoms with E-state index in [2.05, 4.69) is 53.8 Å². The average Bonchev–Trinajstić information content (AvgIpc) is 2.47. The third-order valence-corrected chi connectivity index (χ3v) is 3.43. The lowest BCUT2D eigenvalue weighted by Crippen LogP contribution is -2.45. The van der Waals surface area contributed by atoms with Crippen molar-refractivity contribution in [1.82, 2.24) is 5.43 Å². The van der Waals surface area contributed by atoms with Gasteiger partial charge in [0, 0.05) is 20.4 Å². The summed E-state index contributed by atoms with van der Waals surface area (Å²) in [5, 5.41) is 2.06. The van der Waals surface area contributed by atoms with Gasteiger partial charge >= 0.3 is 0 Å². The van der Waals surface area contributed by atoms with Crippen LogP contribution in [0.5, 0.6) is 0 Å². The number of hydrogen-bond acceptors (Lipinski definition) is 2. The molecule has 0 spiro atoms. The van der Waals surface area contributed by atoms with E-state index in [0.29, 0.717) is 0 Å². The molecule has 2 aromatic carbocycles. The molecular formula is C16H18N2. The maximum atomic E-state index is 8.38. The van der Waals surface area contributed by atoms with Gasteiger partial charge in [-0.1, -0.05) is 48.5 Å². The van der Waals surface area contributed by atoms with Crippen LogP contribution in [-0.4, -0.2) is 13.1 Å². The highest BCUT2D eigenvalue weighted by molar-refractivity contribution is 5.58. The van der Waals surface area contributed by atoms with E-state index >= 15 is 0 Å². The highest BCUT2D eigenvalue weighted by atomic mass is 15.5. The molecule has 92 valence electrons. The zero-order chi connectivity index (χ0) is 13.2. The van der Waals surface area contributed by atoms with E-state index in [1.807, 2.05) is 18.2 Å². The molecule has 0 saturated carbocycles. The van der Waals surface area contributed by atoms with Gasteiger partial charge in [-0.05, 0) is 24.1 Å². The Hall–Kier alpha value is -1.80. The highest BCUT2D eigenvalue weighted by Gasteiger charge is 2.24. The van der Waals surface area contributed by atoms with E-state index < -0.39 is 0 Å². The van der Waals surface area contributed by atoms with E-state index in [0.717, 1.165) is 6.54 Å². The van der Waals surface area contributed by atoms with Crippen LogP contribution in [0.3, 0.4) is 0 Å². The minimum absolute atomic E-state index is 0.0835. The number of fused-ring (bicyclic) bond motifs is 1. The van der Waals surface area contributed by atoms with Gasteiger partial charge in [-0.25, -0.2) is 5.43 Å². The Labute approximate surface area is 110 Å². The number of anilines is 1. The first-order valence-corrected chi connectivity index (χ1v) is 6.41. The van der Waals surface area contributed by atoms with Crippen molar-refractivity contribution in [2.75, 3.05) is 18.1 Å². The summed E-state index contributed by atoms with van der Waals surface area (Å²) in [6.45, 7) is 2.60. The van der Waals surface area contributed by atoms with Crippen LogP contribution in [0.4, 0.5) is 5.69 Å². The number of nitrogens with one attached hydrogen (secondary N) is 1. The zero-order valence-corrected chi connectivity index (χ0v) is 10.5. The molecule has 2 unspecified atom stereocenters. The SMILES string of the molecule is [2H]C1NN(CC)c2ccccc2C1c1ccccc1. The first kappa shape index (κ1) is 10.2. The van der Waals surface area contributed by atoms with Gasteiger partial charge < -0.3 is 5.01 Å². The van der Waals surface area contributed by atoms with Crippen molar-refractivity contribution in [3.8, 4) is 0 Å². The lowest BCUT2D eigenvalue weighted by Gasteiger charge is -2.36. The topological polar surface area (TPSA) is 15.3 Å². The molecule has 3 rings (SSSR count). The van der Waals surface area contributed by atoms with Crippen molar-refractivity contribution in [2.24, 2.45) is 0 Å².